The predicted octanol–water partition coefficient (Wildman–Crippen LogP) is 1.78. The van der Waals surface area contributed by atoms with Crippen LogP contribution in [0.2, 0.25) is 0 Å². The lowest BCUT2D eigenvalue weighted by Gasteiger charge is -2.48. The summed E-state index contributed by atoms with van der Waals surface area (Å²) in [5.41, 5.74) is 1.93. The van der Waals surface area contributed by atoms with Crippen LogP contribution < -0.4 is 0 Å². The van der Waals surface area contributed by atoms with Gasteiger partial charge in [0.15, 0.2) is 0 Å². The molecule has 1 spiro atoms. The molecule has 0 radical (unpaired) electrons. The highest BCUT2D eigenvalue weighted by Gasteiger charge is 2.43. The van der Waals surface area contributed by atoms with Crippen molar-refractivity contribution in [1.29, 1.82) is 0 Å². The second-order valence-corrected chi connectivity index (χ2v) is 8.37. The van der Waals surface area contributed by atoms with Gasteiger partial charge in [0.05, 0.1) is 5.69 Å². The first-order chi connectivity index (χ1) is 13.1. The van der Waals surface area contributed by atoms with Gasteiger partial charge in [0.25, 0.3) is 5.91 Å². The monoisotopic (exact) mass is 375 g/mol. The molecule has 1 aliphatic carbocycles. The highest BCUT2D eigenvalue weighted by atomic mass is 16.5. The van der Waals surface area contributed by atoms with Crippen LogP contribution >= 0.6 is 0 Å². The van der Waals surface area contributed by atoms with Gasteiger partial charge in [-0.05, 0) is 51.4 Å². The SMILES string of the molecule is O=C1CCC2(CCCN(C(=O)c3onc4c3CCCC4)C2)CN1CCCO. The Morgan fingerprint density at radius 1 is 1.15 bits per heavy atom. The minimum atomic E-state index is -0.0384. The second kappa shape index (κ2) is 7.62. The molecule has 2 aliphatic heterocycles. The van der Waals surface area contributed by atoms with E-state index < -0.39 is 0 Å². The van der Waals surface area contributed by atoms with Crippen LogP contribution in [0.3, 0.4) is 0 Å². The van der Waals surface area contributed by atoms with Crippen LogP contribution in [0.15, 0.2) is 4.52 Å². The molecule has 7 heteroatoms. The molecular weight excluding hydrogens is 346 g/mol. The van der Waals surface area contributed by atoms with E-state index in [2.05, 4.69) is 5.16 Å². The van der Waals surface area contributed by atoms with Crippen LogP contribution in [0.5, 0.6) is 0 Å². The number of nitrogens with zero attached hydrogens (tertiary/aromatic N) is 3. The maximum absolute atomic E-state index is 13.2. The fourth-order valence-corrected chi connectivity index (χ4v) is 4.98. The minimum Gasteiger partial charge on any atom is -0.396 e. The first-order valence-corrected chi connectivity index (χ1v) is 10.3. The Kier molecular flexibility index (Phi) is 5.21. The number of rotatable bonds is 4. The summed E-state index contributed by atoms with van der Waals surface area (Å²) in [6.07, 6.45) is 7.93. The van der Waals surface area contributed by atoms with Gasteiger partial charge in [0, 0.05) is 50.2 Å². The van der Waals surface area contributed by atoms with E-state index in [1.165, 1.54) is 0 Å². The molecule has 3 heterocycles. The van der Waals surface area contributed by atoms with Gasteiger partial charge < -0.3 is 19.4 Å². The average molecular weight is 375 g/mol. The molecule has 4 rings (SSSR count). The largest absolute Gasteiger partial charge is 0.396 e. The molecular formula is C20H29N3O4. The lowest BCUT2D eigenvalue weighted by atomic mass is 9.73. The van der Waals surface area contributed by atoms with Crippen LogP contribution in [0.25, 0.3) is 0 Å². The zero-order valence-electron chi connectivity index (χ0n) is 15.9. The van der Waals surface area contributed by atoms with E-state index >= 15 is 0 Å². The smallest absolute Gasteiger partial charge is 0.292 e. The number of fused-ring (bicyclic) bond motifs is 1. The number of carbonyl (C=O) groups excluding carboxylic acids is 2. The van der Waals surface area contributed by atoms with Crippen LogP contribution in [0.1, 0.15) is 66.8 Å². The highest BCUT2D eigenvalue weighted by molar-refractivity contribution is 5.93. The maximum atomic E-state index is 13.2. The molecule has 1 N–H and O–H groups in total. The standard InChI is InChI=1S/C20H29N3O4/c24-12-4-11-22-13-20(9-7-17(22)25)8-3-10-23(14-20)19(26)18-15-5-1-2-6-16(15)21-27-18/h24H,1-14H2. The van der Waals surface area contributed by atoms with Crippen molar-refractivity contribution in [3.05, 3.63) is 17.0 Å². The summed E-state index contributed by atoms with van der Waals surface area (Å²) in [6, 6.07) is 0. The Morgan fingerprint density at radius 3 is 2.85 bits per heavy atom. The number of hydrogen-bond acceptors (Lipinski definition) is 5. The predicted molar refractivity (Wildman–Crippen MR) is 98.2 cm³/mol. The molecule has 148 valence electrons. The number of likely N-dealkylation sites (tertiary alicyclic amines) is 2. The summed E-state index contributed by atoms with van der Waals surface area (Å²) in [5, 5.41) is 13.2. The quantitative estimate of drug-likeness (QED) is 0.867. The number of aryl methyl sites for hydroxylation is 1. The summed E-state index contributed by atoms with van der Waals surface area (Å²) in [6.45, 7) is 2.79. The Balaban J connectivity index is 1.48. The van der Waals surface area contributed by atoms with E-state index in [1.807, 2.05) is 9.80 Å². The molecule has 0 aromatic carbocycles. The summed E-state index contributed by atoms with van der Waals surface area (Å²) >= 11 is 0. The van der Waals surface area contributed by atoms with Crippen molar-refractivity contribution in [2.75, 3.05) is 32.8 Å². The molecule has 0 bridgehead atoms. The third kappa shape index (κ3) is 3.61. The van der Waals surface area contributed by atoms with Gasteiger partial charge in [-0.3, -0.25) is 9.59 Å². The van der Waals surface area contributed by atoms with Crippen molar-refractivity contribution in [2.45, 2.75) is 57.8 Å². The van der Waals surface area contributed by atoms with Crippen molar-refractivity contribution < 1.29 is 19.2 Å². The zero-order valence-corrected chi connectivity index (χ0v) is 15.9. The molecule has 2 amide bonds. The molecule has 27 heavy (non-hydrogen) atoms. The Bertz CT molecular complexity index is 716. The van der Waals surface area contributed by atoms with Gasteiger partial charge >= 0.3 is 0 Å². The lowest BCUT2D eigenvalue weighted by Crippen LogP contribution is -2.55. The van der Waals surface area contributed by atoms with Crippen molar-refractivity contribution >= 4 is 11.8 Å². The molecule has 1 atom stereocenters. The minimum absolute atomic E-state index is 0.0304. The van der Waals surface area contributed by atoms with E-state index in [4.69, 9.17) is 9.63 Å². The van der Waals surface area contributed by atoms with Crippen LogP contribution in [-0.4, -0.2) is 64.7 Å². The summed E-state index contributed by atoms with van der Waals surface area (Å²) in [7, 11) is 0. The first kappa shape index (κ1) is 18.5. The van der Waals surface area contributed by atoms with Gasteiger partial charge in [-0.15, -0.1) is 0 Å². The average Bonchev–Trinajstić information content (AvgIpc) is 3.12. The molecule has 2 fully saturated rings. The number of aromatic nitrogens is 1. The van der Waals surface area contributed by atoms with E-state index in [1.54, 1.807) is 0 Å². The first-order valence-electron chi connectivity index (χ1n) is 10.3. The number of hydrogen-bond donors (Lipinski definition) is 1. The van der Waals surface area contributed by atoms with E-state index in [-0.39, 0.29) is 23.8 Å². The van der Waals surface area contributed by atoms with Crippen LogP contribution in [-0.2, 0) is 17.6 Å². The number of amides is 2. The third-order valence-electron chi connectivity index (χ3n) is 6.44. The van der Waals surface area contributed by atoms with Crippen molar-refractivity contribution in [2.24, 2.45) is 5.41 Å². The van der Waals surface area contributed by atoms with Gasteiger partial charge in [-0.1, -0.05) is 5.16 Å². The normalized spacial score (nSPS) is 25.7. The summed E-state index contributed by atoms with van der Waals surface area (Å²) in [5.74, 6) is 0.566. The topological polar surface area (TPSA) is 86.9 Å². The zero-order chi connectivity index (χ0) is 18.9. The summed E-state index contributed by atoms with van der Waals surface area (Å²) in [4.78, 5) is 29.2. The van der Waals surface area contributed by atoms with E-state index in [0.29, 0.717) is 38.2 Å². The van der Waals surface area contributed by atoms with Crippen LogP contribution in [0.4, 0.5) is 0 Å². The Morgan fingerprint density at radius 2 is 2.00 bits per heavy atom. The van der Waals surface area contributed by atoms with Gasteiger partial charge in [-0.25, -0.2) is 0 Å². The number of aliphatic hydroxyl groups is 1. The molecule has 1 aromatic heterocycles. The molecule has 0 saturated carbocycles. The second-order valence-electron chi connectivity index (χ2n) is 8.37. The Hall–Kier alpha value is -1.89. The van der Waals surface area contributed by atoms with Crippen LogP contribution in [0, 0.1) is 5.41 Å². The summed E-state index contributed by atoms with van der Waals surface area (Å²) < 4.78 is 5.47. The number of aliphatic hydroxyl groups excluding tert-OH is 1. The number of piperidine rings is 2. The molecule has 2 saturated heterocycles. The third-order valence-corrected chi connectivity index (χ3v) is 6.44. The maximum Gasteiger partial charge on any atom is 0.292 e. The molecule has 7 nitrogen and oxygen atoms in total. The molecule has 1 aromatic rings. The van der Waals surface area contributed by atoms with Gasteiger partial charge in [-0.2, -0.15) is 0 Å². The van der Waals surface area contributed by atoms with Gasteiger partial charge in [0.2, 0.25) is 11.7 Å². The van der Waals surface area contributed by atoms with Crippen molar-refractivity contribution in [1.82, 2.24) is 15.0 Å². The highest BCUT2D eigenvalue weighted by Crippen LogP contribution is 2.39. The van der Waals surface area contributed by atoms with E-state index in [9.17, 15) is 9.59 Å². The Labute approximate surface area is 159 Å². The fraction of sp³-hybridized carbons (Fsp3) is 0.750. The fourth-order valence-electron chi connectivity index (χ4n) is 4.98. The molecule has 1 unspecified atom stereocenters. The van der Waals surface area contributed by atoms with E-state index in [0.717, 1.165) is 62.7 Å². The lowest BCUT2D eigenvalue weighted by molar-refractivity contribution is -0.139. The van der Waals surface area contributed by atoms with Crippen molar-refractivity contribution in [3.8, 4) is 0 Å². The van der Waals surface area contributed by atoms with Gasteiger partial charge in [0.1, 0.15) is 0 Å². The van der Waals surface area contributed by atoms with Crippen molar-refractivity contribution in [3.63, 3.8) is 0 Å². The number of carbonyl (C=O) groups is 2. The molecule has 3 aliphatic rings.